The van der Waals surface area contributed by atoms with E-state index in [4.69, 9.17) is 0 Å². The van der Waals surface area contributed by atoms with Gasteiger partial charge in [0.2, 0.25) is 5.91 Å². The normalized spacial score (nSPS) is 15.4. The molecule has 214 valence electrons. The van der Waals surface area contributed by atoms with Crippen LogP contribution in [0.1, 0.15) is 43.5 Å². The van der Waals surface area contributed by atoms with Gasteiger partial charge in [0.05, 0.1) is 24.3 Å². The number of nitrogens with zero attached hydrogens (tertiary/aromatic N) is 3. The lowest BCUT2D eigenvalue weighted by Gasteiger charge is -2.31. The minimum atomic E-state index is -4.56. The molecule has 0 spiro atoms. The van der Waals surface area contributed by atoms with Gasteiger partial charge >= 0.3 is 12.4 Å². The lowest BCUT2D eigenvalue weighted by Crippen LogP contribution is -2.41. The predicted octanol–water partition coefficient (Wildman–Crippen LogP) is 4.23. The van der Waals surface area contributed by atoms with Crippen molar-refractivity contribution >= 4 is 11.7 Å². The van der Waals surface area contributed by atoms with E-state index in [-0.39, 0.29) is 67.0 Å². The number of piperidine rings is 1. The largest absolute Gasteiger partial charge is 0.416 e. The molecule has 1 amide bonds. The molecule has 1 N–H and O–H groups in total. The van der Waals surface area contributed by atoms with Crippen molar-refractivity contribution in [3.63, 3.8) is 0 Å². The smallest absolute Gasteiger partial charge is 0.358 e. The number of rotatable bonds is 10. The van der Waals surface area contributed by atoms with Gasteiger partial charge in [-0.25, -0.2) is 4.98 Å². The lowest BCUT2D eigenvalue weighted by molar-refractivity contribution is -0.137. The number of amides is 1. The summed E-state index contributed by atoms with van der Waals surface area (Å²) in [6.45, 7) is 1.18. The number of hydrogen-bond donors (Lipinski definition) is 1. The lowest BCUT2D eigenvalue weighted by atomic mass is 9.91. The topological polar surface area (TPSA) is 84.3 Å². The summed E-state index contributed by atoms with van der Waals surface area (Å²) in [4.78, 5) is 43.6. The quantitative estimate of drug-likeness (QED) is 0.440. The molecule has 0 unspecified atom stereocenters. The molecule has 1 aliphatic rings. The van der Waals surface area contributed by atoms with Gasteiger partial charge in [-0.2, -0.15) is 26.3 Å². The zero-order chi connectivity index (χ0) is 28.8. The predicted molar refractivity (Wildman–Crippen MR) is 131 cm³/mol. The highest BCUT2D eigenvalue weighted by Gasteiger charge is 2.30. The van der Waals surface area contributed by atoms with E-state index >= 15 is 0 Å². The van der Waals surface area contributed by atoms with Gasteiger partial charge in [-0.3, -0.25) is 23.9 Å². The Morgan fingerprint density at radius 1 is 1.03 bits per heavy atom. The molecule has 1 aromatic carbocycles. The Balaban J connectivity index is 1.75. The van der Waals surface area contributed by atoms with Gasteiger partial charge in [-0.15, -0.1) is 0 Å². The van der Waals surface area contributed by atoms with Crippen molar-refractivity contribution in [3.8, 4) is 11.3 Å². The van der Waals surface area contributed by atoms with Crippen molar-refractivity contribution in [2.45, 2.75) is 57.4 Å². The molecular formula is C26H30F6N4O3. The minimum Gasteiger partial charge on any atom is -0.358 e. The van der Waals surface area contributed by atoms with Gasteiger partial charge in [-0.05, 0) is 50.4 Å². The van der Waals surface area contributed by atoms with Crippen LogP contribution in [0, 0.1) is 5.92 Å². The van der Waals surface area contributed by atoms with Crippen molar-refractivity contribution in [2.24, 2.45) is 5.92 Å². The number of Topliss-reactive ketones (excluding diaryl/α,β-unsaturated/α-hetero) is 1. The van der Waals surface area contributed by atoms with E-state index in [1.807, 2.05) is 4.90 Å². The number of hydrogen-bond acceptors (Lipinski definition) is 5. The number of ketones is 1. The maximum Gasteiger partial charge on any atom is 0.416 e. The fraction of sp³-hybridized carbons (Fsp3) is 0.538. The van der Waals surface area contributed by atoms with Gasteiger partial charge in [0, 0.05) is 37.9 Å². The first-order valence-corrected chi connectivity index (χ1v) is 12.5. The fourth-order valence-electron chi connectivity index (χ4n) is 4.53. The zero-order valence-corrected chi connectivity index (χ0v) is 21.4. The number of alkyl halides is 6. The average molecular weight is 561 g/mol. The van der Waals surface area contributed by atoms with Crippen LogP contribution in [0.15, 0.2) is 35.1 Å². The van der Waals surface area contributed by atoms with Gasteiger partial charge in [-0.1, -0.05) is 12.1 Å². The SMILES string of the molecule is CNC(=O)CN1CCC(CC(=O)Cn2c(CCCC(F)(F)F)nc(-c3ccc(C(F)(F)F)cc3)cc2=O)CC1. The van der Waals surface area contributed by atoms with Crippen LogP contribution in [0.2, 0.25) is 0 Å². The maximum absolute atomic E-state index is 12.9. The van der Waals surface area contributed by atoms with Gasteiger partial charge in [0.15, 0.2) is 5.78 Å². The molecule has 1 aliphatic heterocycles. The number of benzene rings is 1. The van der Waals surface area contributed by atoms with Crippen molar-refractivity contribution < 1.29 is 35.9 Å². The first-order valence-electron chi connectivity index (χ1n) is 12.5. The highest BCUT2D eigenvalue weighted by atomic mass is 19.4. The number of aryl methyl sites for hydroxylation is 1. The Kier molecular flexibility index (Phi) is 9.92. The number of carbonyl (C=O) groups is 2. The Labute approximate surface area is 221 Å². The van der Waals surface area contributed by atoms with Crippen LogP contribution in [0.3, 0.4) is 0 Å². The Bertz CT molecular complexity index is 1200. The molecule has 13 heteroatoms. The number of halogens is 6. The van der Waals surface area contributed by atoms with Crippen molar-refractivity contribution in [1.82, 2.24) is 19.8 Å². The number of likely N-dealkylation sites (N-methyl/N-ethyl adjacent to an activating group) is 1. The maximum atomic E-state index is 12.9. The highest BCUT2D eigenvalue weighted by molar-refractivity contribution is 5.79. The third-order valence-corrected chi connectivity index (χ3v) is 6.66. The van der Waals surface area contributed by atoms with Gasteiger partial charge < -0.3 is 5.32 Å². The van der Waals surface area contributed by atoms with E-state index in [0.717, 1.165) is 34.9 Å². The second kappa shape index (κ2) is 12.8. The van der Waals surface area contributed by atoms with Crippen LogP contribution >= 0.6 is 0 Å². The Morgan fingerprint density at radius 3 is 2.23 bits per heavy atom. The van der Waals surface area contributed by atoms with Crippen molar-refractivity contribution in [1.29, 1.82) is 0 Å². The molecule has 39 heavy (non-hydrogen) atoms. The third kappa shape index (κ3) is 9.19. The molecule has 2 heterocycles. The first-order chi connectivity index (χ1) is 18.2. The van der Waals surface area contributed by atoms with E-state index in [1.54, 1.807) is 7.05 Å². The fourth-order valence-corrected chi connectivity index (χ4v) is 4.53. The summed E-state index contributed by atoms with van der Waals surface area (Å²) >= 11 is 0. The molecular weight excluding hydrogens is 530 g/mol. The number of aromatic nitrogens is 2. The number of likely N-dealkylation sites (tertiary alicyclic amines) is 1. The van der Waals surface area contributed by atoms with E-state index in [0.29, 0.717) is 25.9 Å². The van der Waals surface area contributed by atoms with Gasteiger partial charge in [0.25, 0.3) is 5.56 Å². The first kappa shape index (κ1) is 30.3. The van der Waals surface area contributed by atoms with E-state index in [9.17, 15) is 40.7 Å². The summed E-state index contributed by atoms with van der Waals surface area (Å²) < 4.78 is 78.0. The molecule has 0 atom stereocenters. The van der Waals surface area contributed by atoms with Crippen LogP contribution < -0.4 is 10.9 Å². The summed E-state index contributed by atoms with van der Waals surface area (Å²) in [5.74, 6) is -0.366. The summed E-state index contributed by atoms with van der Waals surface area (Å²) in [6, 6.07) is 5.00. The van der Waals surface area contributed by atoms with Crippen LogP contribution in [-0.4, -0.2) is 59.0 Å². The summed E-state index contributed by atoms with van der Waals surface area (Å²) in [7, 11) is 1.55. The highest BCUT2D eigenvalue weighted by Crippen LogP contribution is 2.31. The molecule has 3 rings (SSSR count). The Morgan fingerprint density at radius 2 is 1.67 bits per heavy atom. The molecule has 1 aromatic heterocycles. The zero-order valence-electron chi connectivity index (χ0n) is 21.4. The monoisotopic (exact) mass is 560 g/mol. The van der Waals surface area contributed by atoms with Gasteiger partial charge in [0.1, 0.15) is 5.82 Å². The number of nitrogens with one attached hydrogen (secondary N) is 1. The molecule has 0 saturated carbocycles. The molecule has 0 bridgehead atoms. The molecule has 0 radical (unpaired) electrons. The number of carbonyl (C=O) groups excluding carboxylic acids is 2. The van der Waals surface area contributed by atoms with E-state index in [1.165, 1.54) is 0 Å². The molecule has 7 nitrogen and oxygen atoms in total. The van der Waals surface area contributed by atoms with Crippen LogP contribution in [0.5, 0.6) is 0 Å². The van der Waals surface area contributed by atoms with Crippen LogP contribution in [-0.2, 0) is 28.7 Å². The van der Waals surface area contributed by atoms with E-state index < -0.39 is 29.9 Å². The second-order valence-corrected chi connectivity index (χ2v) is 9.66. The summed E-state index contributed by atoms with van der Waals surface area (Å²) in [5, 5.41) is 2.56. The second-order valence-electron chi connectivity index (χ2n) is 9.66. The van der Waals surface area contributed by atoms with Crippen LogP contribution in [0.4, 0.5) is 26.3 Å². The standard InChI is InChI=1S/C26H30F6N4O3/c1-33-23(38)16-35-11-8-17(9-12-35)13-20(37)15-36-22(3-2-10-25(27,28)29)34-21(14-24(36)39)18-4-6-19(7-5-18)26(30,31)32/h4-7,14,17H,2-3,8-13,15-16H2,1H3,(H,33,38). The van der Waals surface area contributed by atoms with E-state index in [2.05, 4.69) is 10.3 Å². The molecule has 2 aromatic rings. The van der Waals surface area contributed by atoms with Crippen molar-refractivity contribution in [2.75, 3.05) is 26.7 Å². The summed E-state index contributed by atoms with van der Waals surface area (Å²) in [5.41, 5.74) is -1.35. The molecule has 1 fully saturated rings. The summed E-state index contributed by atoms with van der Waals surface area (Å²) in [6.07, 6.45) is -9.17. The third-order valence-electron chi connectivity index (χ3n) is 6.66. The molecule has 0 aliphatic carbocycles. The average Bonchev–Trinajstić information content (AvgIpc) is 2.85. The van der Waals surface area contributed by atoms with Crippen molar-refractivity contribution in [3.05, 3.63) is 52.1 Å². The minimum absolute atomic E-state index is 0.0166. The molecule has 1 saturated heterocycles. The Hall–Kier alpha value is -3.22. The van der Waals surface area contributed by atoms with Crippen LogP contribution in [0.25, 0.3) is 11.3 Å².